The number of aromatic nitrogens is 2. The van der Waals surface area contributed by atoms with Crippen molar-refractivity contribution in [3.63, 3.8) is 0 Å². The molecule has 0 radical (unpaired) electrons. The number of ketones is 1. The zero-order chi connectivity index (χ0) is 13.0. The van der Waals surface area contributed by atoms with Gasteiger partial charge in [0.1, 0.15) is 5.78 Å². The van der Waals surface area contributed by atoms with Crippen molar-refractivity contribution in [2.75, 3.05) is 6.54 Å². The van der Waals surface area contributed by atoms with Crippen molar-refractivity contribution in [3.8, 4) is 0 Å². The standard InChI is InChI=1S/C14H23N3O/c1-3-11-9-13(17(4-2)16-11)10-14(18)7-8-15-12-5-6-12/h9,12,15H,3-8,10H2,1-2H3. The van der Waals surface area contributed by atoms with Crippen LogP contribution in [-0.2, 0) is 24.2 Å². The summed E-state index contributed by atoms with van der Waals surface area (Å²) in [4.78, 5) is 11.9. The van der Waals surface area contributed by atoms with Crippen LogP contribution in [0.4, 0.5) is 0 Å². The fourth-order valence-corrected chi connectivity index (χ4v) is 2.10. The zero-order valence-electron chi connectivity index (χ0n) is 11.4. The van der Waals surface area contributed by atoms with Crippen molar-refractivity contribution in [1.82, 2.24) is 15.1 Å². The number of carbonyl (C=O) groups excluding carboxylic acids is 1. The largest absolute Gasteiger partial charge is 0.314 e. The van der Waals surface area contributed by atoms with E-state index in [4.69, 9.17) is 0 Å². The molecular weight excluding hydrogens is 226 g/mol. The lowest BCUT2D eigenvalue weighted by atomic mass is 10.1. The fourth-order valence-electron chi connectivity index (χ4n) is 2.10. The first kappa shape index (κ1) is 13.3. The molecule has 4 heteroatoms. The quantitative estimate of drug-likeness (QED) is 0.763. The topological polar surface area (TPSA) is 46.9 Å². The van der Waals surface area contributed by atoms with Crippen molar-refractivity contribution in [2.24, 2.45) is 0 Å². The molecule has 0 atom stereocenters. The van der Waals surface area contributed by atoms with E-state index in [0.29, 0.717) is 24.7 Å². The van der Waals surface area contributed by atoms with E-state index >= 15 is 0 Å². The minimum absolute atomic E-state index is 0.306. The molecule has 100 valence electrons. The summed E-state index contributed by atoms with van der Waals surface area (Å²) in [5, 5.41) is 7.84. The maximum absolute atomic E-state index is 11.9. The van der Waals surface area contributed by atoms with Gasteiger partial charge in [-0.25, -0.2) is 0 Å². The first-order valence-corrected chi connectivity index (χ1v) is 7.03. The van der Waals surface area contributed by atoms with E-state index in [0.717, 1.165) is 30.9 Å². The molecule has 1 aromatic heterocycles. The van der Waals surface area contributed by atoms with E-state index in [1.54, 1.807) is 0 Å². The number of Topliss-reactive ketones (excluding diaryl/α,β-unsaturated/α-hetero) is 1. The first-order valence-electron chi connectivity index (χ1n) is 7.03. The summed E-state index contributed by atoms with van der Waals surface area (Å²) in [6.45, 7) is 5.82. The third-order valence-corrected chi connectivity index (χ3v) is 3.37. The summed E-state index contributed by atoms with van der Waals surface area (Å²) in [5.41, 5.74) is 2.14. The first-order chi connectivity index (χ1) is 8.72. The molecule has 2 rings (SSSR count). The van der Waals surface area contributed by atoms with Crippen LogP contribution in [0.15, 0.2) is 6.07 Å². The van der Waals surface area contributed by atoms with Gasteiger partial charge in [0.15, 0.2) is 0 Å². The second kappa shape index (κ2) is 6.14. The molecular formula is C14H23N3O. The van der Waals surface area contributed by atoms with E-state index in [1.165, 1.54) is 12.8 Å². The van der Waals surface area contributed by atoms with Gasteiger partial charge in [-0.3, -0.25) is 9.48 Å². The van der Waals surface area contributed by atoms with Crippen LogP contribution >= 0.6 is 0 Å². The highest BCUT2D eigenvalue weighted by molar-refractivity contribution is 5.80. The monoisotopic (exact) mass is 249 g/mol. The summed E-state index contributed by atoms with van der Waals surface area (Å²) >= 11 is 0. The molecule has 0 bridgehead atoms. The van der Waals surface area contributed by atoms with E-state index in [-0.39, 0.29) is 0 Å². The Morgan fingerprint density at radius 1 is 1.50 bits per heavy atom. The molecule has 1 aliphatic rings. The number of aryl methyl sites for hydroxylation is 2. The van der Waals surface area contributed by atoms with Gasteiger partial charge in [0.05, 0.1) is 5.69 Å². The van der Waals surface area contributed by atoms with Crippen LogP contribution in [0.1, 0.15) is 44.5 Å². The Morgan fingerprint density at radius 2 is 2.28 bits per heavy atom. The van der Waals surface area contributed by atoms with Gasteiger partial charge in [0.25, 0.3) is 0 Å². The number of hydrogen-bond acceptors (Lipinski definition) is 3. The van der Waals surface area contributed by atoms with Crippen molar-refractivity contribution < 1.29 is 4.79 Å². The second-order valence-corrected chi connectivity index (χ2v) is 4.99. The van der Waals surface area contributed by atoms with Gasteiger partial charge < -0.3 is 5.32 Å². The van der Waals surface area contributed by atoms with Gasteiger partial charge in [-0.2, -0.15) is 5.10 Å². The Morgan fingerprint density at radius 3 is 2.89 bits per heavy atom. The predicted molar refractivity (Wildman–Crippen MR) is 71.6 cm³/mol. The Balaban J connectivity index is 1.82. The molecule has 4 nitrogen and oxygen atoms in total. The van der Waals surface area contributed by atoms with Crippen LogP contribution in [0.3, 0.4) is 0 Å². The third kappa shape index (κ3) is 3.67. The summed E-state index contributed by atoms with van der Waals surface area (Å²) in [7, 11) is 0. The van der Waals surface area contributed by atoms with Crippen LogP contribution in [0.5, 0.6) is 0 Å². The summed E-state index contributed by atoms with van der Waals surface area (Å²) in [6, 6.07) is 2.75. The van der Waals surface area contributed by atoms with Crippen molar-refractivity contribution >= 4 is 5.78 Å². The third-order valence-electron chi connectivity index (χ3n) is 3.37. The molecule has 1 N–H and O–H groups in total. The maximum Gasteiger partial charge on any atom is 0.140 e. The van der Waals surface area contributed by atoms with Gasteiger partial charge in [-0.15, -0.1) is 0 Å². The Kier molecular flexibility index (Phi) is 4.53. The van der Waals surface area contributed by atoms with Crippen molar-refractivity contribution in [1.29, 1.82) is 0 Å². The van der Waals surface area contributed by atoms with Crippen molar-refractivity contribution in [3.05, 3.63) is 17.5 Å². The summed E-state index contributed by atoms with van der Waals surface area (Å²) < 4.78 is 1.95. The minimum Gasteiger partial charge on any atom is -0.314 e. The molecule has 0 unspecified atom stereocenters. The van der Waals surface area contributed by atoms with Crippen LogP contribution < -0.4 is 5.32 Å². The molecule has 1 aromatic rings. The molecule has 0 aromatic carbocycles. The second-order valence-electron chi connectivity index (χ2n) is 4.99. The van der Waals surface area contributed by atoms with Crippen LogP contribution in [0, 0.1) is 0 Å². The lowest BCUT2D eigenvalue weighted by molar-refractivity contribution is -0.118. The Labute approximate surface area is 109 Å². The van der Waals surface area contributed by atoms with Crippen LogP contribution in [0.2, 0.25) is 0 Å². The smallest absolute Gasteiger partial charge is 0.140 e. The summed E-state index contributed by atoms with van der Waals surface area (Å²) in [6.07, 6.45) is 4.63. The number of hydrogen-bond donors (Lipinski definition) is 1. The molecule has 1 aliphatic carbocycles. The van der Waals surface area contributed by atoms with Gasteiger partial charge in [0.2, 0.25) is 0 Å². The fraction of sp³-hybridized carbons (Fsp3) is 0.714. The molecule has 0 saturated heterocycles. The average molecular weight is 249 g/mol. The SMILES string of the molecule is CCc1cc(CC(=O)CCNC2CC2)n(CC)n1. The molecule has 0 amide bonds. The van der Waals surface area contributed by atoms with Gasteiger partial charge >= 0.3 is 0 Å². The van der Waals surface area contributed by atoms with Crippen molar-refractivity contribution in [2.45, 2.75) is 58.5 Å². The average Bonchev–Trinajstić information content (AvgIpc) is 3.09. The molecule has 1 heterocycles. The highest BCUT2D eigenvalue weighted by Gasteiger charge is 2.20. The minimum atomic E-state index is 0.306. The van der Waals surface area contributed by atoms with Crippen LogP contribution in [0.25, 0.3) is 0 Å². The molecule has 0 aliphatic heterocycles. The predicted octanol–water partition coefficient (Wildman–Crippen LogP) is 1.72. The zero-order valence-corrected chi connectivity index (χ0v) is 11.4. The molecule has 1 saturated carbocycles. The number of nitrogens with one attached hydrogen (secondary N) is 1. The number of nitrogens with zero attached hydrogens (tertiary/aromatic N) is 2. The maximum atomic E-state index is 11.9. The van der Waals surface area contributed by atoms with Gasteiger partial charge in [-0.05, 0) is 32.3 Å². The number of rotatable bonds is 8. The molecule has 0 spiro atoms. The summed E-state index contributed by atoms with van der Waals surface area (Å²) in [5.74, 6) is 0.306. The number of carbonyl (C=O) groups is 1. The highest BCUT2D eigenvalue weighted by Crippen LogP contribution is 2.18. The normalized spacial score (nSPS) is 15.0. The molecule has 18 heavy (non-hydrogen) atoms. The Bertz CT molecular complexity index is 407. The van der Waals surface area contributed by atoms with E-state index in [2.05, 4.69) is 30.3 Å². The Hall–Kier alpha value is -1.16. The van der Waals surface area contributed by atoms with Gasteiger partial charge in [0, 0.05) is 37.7 Å². The van der Waals surface area contributed by atoms with E-state index in [1.807, 2.05) is 4.68 Å². The highest BCUT2D eigenvalue weighted by atomic mass is 16.1. The lowest BCUT2D eigenvalue weighted by Crippen LogP contribution is -2.21. The van der Waals surface area contributed by atoms with E-state index < -0.39 is 0 Å². The van der Waals surface area contributed by atoms with E-state index in [9.17, 15) is 4.79 Å². The van der Waals surface area contributed by atoms with Crippen LogP contribution in [-0.4, -0.2) is 28.2 Å². The molecule has 1 fully saturated rings. The lowest BCUT2D eigenvalue weighted by Gasteiger charge is -2.04. The van der Waals surface area contributed by atoms with Gasteiger partial charge in [-0.1, -0.05) is 6.92 Å².